The molecule has 0 unspecified atom stereocenters. The van der Waals surface area contributed by atoms with Gasteiger partial charge in [0.1, 0.15) is 0 Å². The summed E-state index contributed by atoms with van der Waals surface area (Å²) in [6, 6.07) is 6.31. The molecule has 0 aliphatic heterocycles. The van der Waals surface area contributed by atoms with Crippen LogP contribution >= 0.6 is 15.9 Å². The lowest BCUT2D eigenvalue weighted by Crippen LogP contribution is -2.02. The van der Waals surface area contributed by atoms with E-state index in [1.807, 2.05) is 13.8 Å². The third-order valence-corrected chi connectivity index (χ3v) is 2.67. The lowest BCUT2D eigenvalue weighted by atomic mass is 10.2. The third-order valence-electron chi connectivity index (χ3n) is 1.82. The minimum absolute atomic E-state index is 0.292. The van der Waals surface area contributed by atoms with Crippen molar-refractivity contribution in [3.8, 4) is 0 Å². The van der Waals surface area contributed by atoms with Crippen molar-refractivity contribution < 1.29 is 4.74 Å². The topological polar surface area (TPSA) is 9.23 Å². The van der Waals surface area contributed by atoms with E-state index >= 15 is 0 Å². The number of ether oxygens (including phenoxy) is 1. The van der Waals surface area contributed by atoms with Gasteiger partial charge in [-0.3, -0.25) is 0 Å². The molecule has 0 saturated heterocycles. The van der Waals surface area contributed by atoms with Crippen LogP contribution in [0.1, 0.15) is 25.0 Å². The minimum atomic E-state index is 0.292. The average Bonchev–Trinajstić information content (AvgIpc) is 2.07. The van der Waals surface area contributed by atoms with E-state index in [1.54, 1.807) is 0 Å². The van der Waals surface area contributed by atoms with Crippen LogP contribution in [0, 0.1) is 6.92 Å². The van der Waals surface area contributed by atoms with Crippen LogP contribution < -0.4 is 0 Å². The summed E-state index contributed by atoms with van der Waals surface area (Å²) in [5, 5.41) is 0. The lowest BCUT2D eigenvalue weighted by molar-refractivity contribution is 0.0657. The van der Waals surface area contributed by atoms with Crippen molar-refractivity contribution in [2.24, 2.45) is 0 Å². The molecule has 0 fully saturated rings. The molecule has 0 N–H and O–H groups in total. The zero-order valence-electron chi connectivity index (χ0n) is 8.30. The van der Waals surface area contributed by atoms with Crippen LogP contribution in [0.15, 0.2) is 22.7 Å². The van der Waals surface area contributed by atoms with E-state index in [0.29, 0.717) is 12.7 Å². The fraction of sp³-hybridized carbons (Fsp3) is 0.455. The minimum Gasteiger partial charge on any atom is -0.374 e. The standard InChI is InChI=1S/C11H15BrO/c1-8(2)13-7-10-5-4-9(3)11(12)6-10/h4-6,8H,7H2,1-3H3. The summed E-state index contributed by atoms with van der Waals surface area (Å²) in [5.74, 6) is 0. The SMILES string of the molecule is Cc1ccc(COC(C)C)cc1Br. The Morgan fingerprint density at radius 2 is 2.08 bits per heavy atom. The maximum Gasteiger partial charge on any atom is 0.0720 e. The van der Waals surface area contributed by atoms with Gasteiger partial charge < -0.3 is 4.74 Å². The Labute approximate surface area is 88.2 Å². The molecule has 0 amide bonds. The van der Waals surface area contributed by atoms with Gasteiger partial charge in [-0.15, -0.1) is 0 Å². The molecular formula is C11H15BrO. The summed E-state index contributed by atoms with van der Waals surface area (Å²) < 4.78 is 6.65. The van der Waals surface area contributed by atoms with Gasteiger partial charge in [-0.05, 0) is 38.0 Å². The first-order valence-corrected chi connectivity index (χ1v) is 5.25. The number of hydrogen-bond donors (Lipinski definition) is 0. The maximum atomic E-state index is 5.50. The predicted octanol–water partition coefficient (Wildman–Crippen LogP) is 3.68. The molecule has 1 aromatic carbocycles. The van der Waals surface area contributed by atoms with E-state index in [2.05, 4.69) is 41.1 Å². The van der Waals surface area contributed by atoms with E-state index in [1.165, 1.54) is 11.1 Å². The lowest BCUT2D eigenvalue weighted by Gasteiger charge is -2.08. The highest BCUT2D eigenvalue weighted by Crippen LogP contribution is 2.18. The number of aryl methyl sites for hydroxylation is 1. The summed E-state index contributed by atoms with van der Waals surface area (Å²) in [7, 11) is 0. The molecule has 0 aliphatic carbocycles. The molecule has 0 aliphatic rings. The molecule has 0 radical (unpaired) electrons. The van der Waals surface area contributed by atoms with E-state index in [4.69, 9.17) is 4.74 Å². The second-order valence-electron chi connectivity index (χ2n) is 3.44. The van der Waals surface area contributed by atoms with Crippen LogP contribution in [-0.4, -0.2) is 6.10 Å². The average molecular weight is 243 g/mol. The van der Waals surface area contributed by atoms with Crippen LogP contribution in [-0.2, 0) is 11.3 Å². The molecule has 72 valence electrons. The van der Waals surface area contributed by atoms with Gasteiger partial charge in [0, 0.05) is 4.47 Å². The Balaban J connectivity index is 2.63. The van der Waals surface area contributed by atoms with E-state index < -0.39 is 0 Å². The summed E-state index contributed by atoms with van der Waals surface area (Å²) in [6.45, 7) is 6.86. The number of halogens is 1. The van der Waals surface area contributed by atoms with Gasteiger partial charge in [0.05, 0.1) is 12.7 Å². The van der Waals surface area contributed by atoms with Crippen LogP contribution in [0.3, 0.4) is 0 Å². The van der Waals surface area contributed by atoms with E-state index in [0.717, 1.165) is 4.47 Å². The van der Waals surface area contributed by atoms with Crippen molar-refractivity contribution in [2.45, 2.75) is 33.5 Å². The molecule has 0 atom stereocenters. The molecule has 1 nitrogen and oxygen atoms in total. The first-order valence-electron chi connectivity index (χ1n) is 4.46. The summed E-state index contributed by atoms with van der Waals surface area (Å²) in [6.07, 6.45) is 0.292. The van der Waals surface area contributed by atoms with Crippen molar-refractivity contribution >= 4 is 15.9 Å². The Kier molecular flexibility index (Phi) is 3.94. The highest BCUT2D eigenvalue weighted by molar-refractivity contribution is 9.10. The largest absolute Gasteiger partial charge is 0.374 e. The normalized spacial score (nSPS) is 10.8. The van der Waals surface area contributed by atoms with Crippen LogP contribution in [0.2, 0.25) is 0 Å². The first-order chi connectivity index (χ1) is 6.09. The second kappa shape index (κ2) is 4.77. The Hall–Kier alpha value is -0.340. The highest BCUT2D eigenvalue weighted by atomic mass is 79.9. The summed E-state index contributed by atoms with van der Waals surface area (Å²) in [5.41, 5.74) is 2.47. The fourth-order valence-corrected chi connectivity index (χ4v) is 1.42. The molecule has 0 aromatic heterocycles. The van der Waals surface area contributed by atoms with Crippen LogP contribution in [0.5, 0.6) is 0 Å². The van der Waals surface area contributed by atoms with Crippen LogP contribution in [0.4, 0.5) is 0 Å². The van der Waals surface area contributed by atoms with Gasteiger partial charge in [-0.2, -0.15) is 0 Å². The molecule has 0 bridgehead atoms. The first kappa shape index (κ1) is 10.7. The number of hydrogen-bond acceptors (Lipinski definition) is 1. The van der Waals surface area contributed by atoms with E-state index in [-0.39, 0.29) is 0 Å². The van der Waals surface area contributed by atoms with Crippen LogP contribution in [0.25, 0.3) is 0 Å². The fourth-order valence-electron chi connectivity index (χ4n) is 0.989. The number of benzene rings is 1. The zero-order chi connectivity index (χ0) is 9.84. The Morgan fingerprint density at radius 1 is 1.38 bits per heavy atom. The van der Waals surface area contributed by atoms with Gasteiger partial charge in [0.2, 0.25) is 0 Å². The molecule has 0 heterocycles. The molecular weight excluding hydrogens is 228 g/mol. The molecule has 1 aromatic rings. The molecule has 0 saturated carbocycles. The Bertz CT molecular complexity index is 281. The van der Waals surface area contributed by atoms with Gasteiger partial charge in [0.15, 0.2) is 0 Å². The quantitative estimate of drug-likeness (QED) is 0.786. The second-order valence-corrected chi connectivity index (χ2v) is 4.30. The van der Waals surface area contributed by atoms with Gasteiger partial charge >= 0.3 is 0 Å². The summed E-state index contributed by atoms with van der Waals surface area (Å²) >= 11 is 3.50. The van der Waals surface area contributed by atoms with Crippen molar-refractivity contribution in [2.75, 3.05) is 0 Å². The summed E-state index contributed by atoms with van der Waals surface area (Å²) in [4.78, 5) is 0. The highest BCUT2D eigenvalue weighted by Gasteiger charge is 1.99. The number of rotatable bonds is 3. The van der Waals surface area contributed by atoms with Gasteiger partial charge in [-0.1, -0.05) is 28.1 Å². The predicted molar refractivity (Wildman–Crippen MR) is 58.8 cm³/mol. The van der Waals surface area contributed by atoms with Crippen molar-refractivity contribution in [3.63, 3.8) is 0 Å². The molecule has 13 heavy (non-hydrogen) atoms. The van der Waals surface area contributed by atoms with Crippen molar-refractivity contribution in [1.29, 1.82) is 0 Å². The molecule has 0 spiro atoms. The third kappa shape index (κ3) is 3.49. The van der Waals surface area contributed by atoms with Crippen molar-refractivity contribution in [1.82, 2.24) is 0 Å². The van der Waals surface area contributed by atoms with E-state index in [9.17, 15) is 0 Å². The smallest absolute Gasteiger partial charge is 0.0720 e. The van der Waals surface area contributed by atoms with Gasteiger partial charge in [0.25, 0.3) is 0 Å². The maximum absolute atomic E-state index is 5.50. The molecule has 1 rings (SSSR count). The Morgan fingerprint density at radius 3 is 2.62 bits per heavy atom. The van der Waals surface area contributed by atoms with Gasteiger partial charge in [-0.25, -0.2) is 0 Å². The molecule has 2 heteroatoms. The monoisotopic (exact) mass is 242 g/mol. The zero-order valence-corrected chi connectivity index (χ0v) is 9.89. The van der Waals surface area contributed by atoms with Crippen molar-refractivity contribution in [3.05, 3.63) is 33.8 Å².